The summed E-state index contributed by atoms with van der Waals surface area (Å²) in [7, 11) is 0. The molecule has 2 N–H and O–H groups in total. The second kappa shape index (κ2) is 4.35. The second-order valence-corrected chi connectivity index (χ2v) is 5.08. The highest BCUT2D eigenvalue weighted by Gasteiger charge is 2.31. The number of rotatable bonds is 2. The van der Waals surface area contributed by atoms with Crippen LogP contribution in [0.5, 0.6) is 0 Å². The van der Waals surface area contributed by atoms with Gasteiger partial charge in [-0.2, -0.15) is 4.98 Å². The molecule has 100 valence electrons. The van der Waals surface area contributed by atoms with E-state index in [2.05, 4.69) is 10.3 Å². The van der Waals surface area contributed by atoms with Gasteiger partial charge in [-0.05, 0) is 23.3 Å². The van der Waals surface area contributed by atoms with Gasteiger partial charge in [-0.15, -0.1) is 0 Å². The predicted molar refractivity (Wildman–Crippen MR) is 76.5 cm³/mol. The van der Waals surface area contributed by atoms with Crippen molar-refractivity contribution in [3.63, 3.8) is 0 Å². The first kappa shape index (κ1) is 11.5. The molecule has 4 nitrogen and oxygen atoms in total. The Balaban J connectivity index is 1.68. The van der Waals surface area contributed by atoms with E-state index in [1.54, 1.807) is 0 Å². The first-order valence-electron chi connectivity index (χ1n) is 6.69. The molecule has 1 aliphatic carbocycles. The SMILES string of the molecule is O[C@@H]1Cc2ccccc2[C@@H]1Nc1nc2ccccc2o1. The van der Waals surface area contributed by atoms with Gasteiger partial charge >= 0.3 is 0 Å². The molecule has 0 spiro atoms. The molecular formula is C16H14N2O2. The smallest absolute Gasteiger partial charge is 0.296 e. The maximum absolute atomic E-state index is 10.2. The molecular weight excluding hydrogens is 252 g/mol. The highest BCUT2D eigenvalue weighted by Crippen LogP contribution is 2.34. The van der Waals surface area contributed by atoms with E-state index in [-0.39, 0.29) is 6.04 Å². The Morgan fingerprint density at radius 3 is 2.80 bits per heavy atom. The van der Waals surface area contributed by atoms with E-state index in [4.69, 9.17) is 4.42 Å². The zero-order valence-electron chi connectivity index (χ0n) is 10.8. The van der Waals surface area contributed by atoms with Crippen LogP contribution in [0.1, 0.15) is 17.2 Å². The minimum Gasteiger partial charge on any atom is -0.424 e. The molecule has 0 fully saturated rings. The monoisotopic (exact) mass is 266 g/mol. The minimum absolute atomic E-state index is 0.167. The fourth-order valence-electron chi connectivity index (χ4n) is 2.81. The van der Waals surface area contributed by atoms with E-state index < -0.39 is 6.10 Å². The van der Waals surface area contributed by atoms with Gasteiger partial charge in [0.1, 0.15) is 5.52 Å². The zero-order valence-corrected chi connectivity index (χ0v) is 10.8. The molecule has 4 heteroatoms. The minimum atomic E-state index is -0.456. The van der Waals surface area contributed by atoms with Crippen LogP contribution in [0.3, 0.4) is 0 Å². The maximum atomic E-state index is 10.2. The summed E-state index contributed by atoms with van der Waals surface area (Å²) in [5.74, 6) is 0. The molecule has 20 heavy (non-hydrogen) atoms. The number of benzene rings is 2. The van der Waals surface area contributed by atoms with Gasteiger partial charge in [0.15, 0.2) is 5.58 Å². The lowest BCUT2D eigenvalue weighted by atomic mass is 10.1. The zero-order chi connectivity index (χ0) is 13.5. The first-order chi connectivity index (χ1) is 9.81. The molecule has 0 bridgehead atoms. The number of nitrogens with one attached hydrogen (secondary N) is 1. The van der Waals surface area contributed by atoms with Gasteiger partial charge in [-0.3, -0.25) is 0 Å². The van der Waals surface area contributed by atoms with Crippen molar-refractivity contribution in [1.29, 1.82) is 0 Å². The Labute approximate surface area is 116 Å². The van der Waals surface area contributed by atoms with Crippen LogP contribution in [0, 0.1) is 0 Å². The molecule has 1 aromatic heterocycles. The van der Waals surface area contributed by atoms with Crippen molar-refractivity contribution in [2.24, 2.45) is 0 Å². The third-order valence-electron chi connectivity index (χ3n) is 3.78. The standard InChI is InChI=1S/C16H14N2O2/c19-13-9-10-5-1-2-6-11(10)15(13)18-16-17-12-7-3-4-8-14(12)20-16/h1-8,13,15,19H,9H2,(H,17,18)/t13-,15+/m1/s1. The lowest BCUT2D eigenvalue weighted by molar-refractivity contribution is 0.164. The topological polar surface area (TPSA) is 58.3 Å². The van der Waals surface area contributed by atoms with Gasteiger partial charge in [0.25, 0.3) is 6.01 Å². The molecule has 4 rings (SSSR count). The third-order valence-corrected chi connectivity index (χ3v) is 3.78. The van der Waals surface area contributed by atoms with Crippen LogP contribution in [0.25, 0.3) is 11.1 Å². The number of hydrogen-bond acceptors (Lipinski definition) is 4. The van der Waals surface area contributed by atoms with Gasteiger partial charge in [-0.25, -0.2) is 0 Å². The van der Waals surface area contributed by atoms with Crippen molar-refractivity contribution < 1.29 is 9.52 Å². The summed E-state index contributed by atoms with van der Waals surface area (Å²) < 4.78 is 5.66. The van der Waals surface area contributed by atoms with Crippen molar-refractivity contribution in [2.75, 3.05) is 5.32 Å². The molecule has 0 aliphatic heterocycles. The fraction of sp³-hybridized carbons (Fsp3) is 0.188. The molecule has 0 saturated carbocycles. The van der Waals surface area contributed by atoms with E-state index in [0.29, 0.717) is 12.4 Å². The normalized spacial score (nSPS) is 21.1. The van der Waals surface area contributed by atoms with Crippen LogP contribution in [-0.4, -0.2) is 16.2 Å². The molecule has 0 amide bonds. The summed E-state index contributed by atoms with van der Waals surface area (Å²) in [5.41, 5.74) is 3.85. The van der Waals surface area contributed by atoms with Crippen molar-refractivity contribution in [2.45, 2.75) is 18.6 Å². The molecule has 1 heterocycles. The summed E-state index contributed by atoms with van der Waals surface area (Å²) in [4.78, 5) is 4.39. The lowest BCUT2D eigenvalue weighted by Gasteiger charge is -2.16. The summed E-state index contributed by atoms with van der Waals surface area (Å²) in [5, 5.41) is 13.4. The second-order valence-electron chi connectivity index (χ2n) is 5.08. The average molecular weight is 266 g/mol. The predicted octanol–water partition coefficient (Wildman–Crippen LogP) is 2.90. The number of hydrogen-bond donors (Lipinski definition) is 2. The van der Waals surface area contributed by atoms with E-state index in [1.807, 2.05) is 48.5 Å². The van der Waals surface area contributed by atoms with Gasteiger partial charge in [0.05, 0.1) is 12.1 Å². The Kier molecular flexibility index (Phi) is 2.50. The number of fused-ring (bicyclic) bond motifs is 2. The van der Waals surface area contributed by atoms with Crippen LogP contribution in [0.15, 0.2) is 52.9 Å². The van der Waals surface area contributed by atoms with Crippen molar-refractivity contribution in [1.82, 2.24) is 4.98 Å². The maximum Gasteiger partial charge on any atom is 0.296 e. The van der Waals surface area contributed by atoms with Crippen LogP contribution >= 0.6 is 0 Å². The number of aliphatic hydroxyl groups excluding tert-OH is 1. The Morgan fingerprint density at radius 1 is 1.10 bits per heavy atom. The number of oxazole rings is 1. The summed E-state index contributed by atoms with van der Waals surface area (Å²) in [6, 6.07) is 16.0. The molecule has 0 saturated heterocycles. The number of aliphatic hydroxyl groups is 1. The van der Waals surface area contributed by atoms with Gasteiger partial charge in [0, 0.05) is 6.42 Å². The van der Waals surface area contributed by atoms with Crippen molar-refractivity contribution >= 4 is 17.1 Å². The fourth-order valence-corrected chi connectivity index (χ4v) is 2.81. The van der Waals surface area contributed by atoms with Crippen LogP contribution < -0.4 is 5.32 Å². The van der Waals surface area contributed by atoms with Gasteiger partial charge < -0.3 is 14.8 Å². The molecule has 1 aliphatic rings. The van der Waals surface area contributed by atoms with Gasteiger partial charge in [0.2, 0.25) is 0 Å². The largest absolute Gasteiger partial charge is 0.424 e. The van der Waals surface area contributed by atoms with Crippen LogP contribution in [-0.2, 0) is 6.42 Å². The number of para-hydroxylation sites is 2. The Bertz CT molecular complexity index is 733. The third kappa shape index (κ3) is 1.77. The van der Waals surface area contributed by atoms with E-state index in [9.17, 15) is 5.11 Å². The van der Waals surface area contributed by atoms with E-state index in [1.165, 1.54) is 5.56 Å². The lowest BCUT2D eigenvalue weighted by Crippen LogP contribution is -2.21. The molecule has 0 unspecified atom stereocenters. The quantitative estimate of drug-likeness (QED) is 0.748. The summed E-state index contributed by atoms with van der Waals surface area (Å²) in [6.07, 6.45) is 0.205. The summed E-state index contributed by atoms with van der Waals surface area (Å²) in [6.45, 7) is 0. The van der Waals surface area contributed by atoms with Crippen LogP contribution in [0.4, 0.5) is 6.01 Å². The molecule has 2 aromatic carbocycles. The number of nitrogens with zero attached hydrogens (tertiary/aromatic N) is 1. The number of anilines is 1. The van der Waals surface area contributed by atoms with Crippen LogP contribution in [0.2, 0.25) is 0 Å². The van der Waals surface area contributed by atoms with E-state index >= 15 is 0 Å². The highest BCUT2D eigenvalue weighted by atomic mass is 16.4. The highest BCUT2D eigenvalue weighted by molar-refractivity contribution is 5.74. The van der Waals surface area contributed by atoms with Gasteiger partial charge in [-0.1, -0.05) is 36.4 Å². The average Bonchev–Trinajstić information content (AvgIpc) is 3.00. The van der Waals surface area contributed by atoms with Crippen molar-refractivity contribution in [3.8, 4) is 0 Å². The Morgan fingerprint density at radius 2 is 1.90 bits per heavy atom. The molecule has 3 aromatic rings. The van der Waals surface area contributed by atoms with E-state index in [0.717, 1.165) is 16.7 Å². The Hall–Kier alpha value is -2.33. The number of aromatic nitrogens is 1. The molecule has 0 radical (unpaired) electrons. The first-order valence-corrected chi connectivity index (χ1v) is 6.69. The molecule has 2 atom stereocenters. The summed E-state index contributed by atoms with van der Waals surface area (Å²) >= 11 is 0. The van der Waals surface area contributed by atoms with Crippen molar-refractivity contribution in [3.05, 3.63) is 59.7 Å².